The van der Waals surface area contributed by atoms with E-state index in [1.165, 1.54) is 17.0 Å². The maximum Gasteiger partial charge on any atom is 0.242 e. The van der Waals surface area contributed by atoms with Gasteiger partial charge < -0.3 is 10.2 Å². The van der Waals surface area contributed by atoms with Crippen LogP contribution in [0.15, 0.2) is 54.6 Å². The van der Waals surface area contributed by atoms with Crippen molar-refractivity contribution >= 4 is 27.5 Å². The lowest BCUT2D eigenvalue weighted by Gasteiger charge is -2.31. The molecule has 1 fully saturated rings. The smallest absolute Gasteiger partial charge is 0.242 e. The predicted molar refractivity (Wildman–Crippen MR) is 144 cm³/mol. The third kappa shape index (κ3) is 8.08. The molecule has 1 atom stereocenters. The Morgan fingerprint density at radius 2 is 1.64 bits per heavy atom. The monoisotopic (exact) mass is 513 g/mol. The molecule has 8 heteroatoms. The number of rotatable bonds is 11. The first-order valence-electron chi connectivity index (χ1n) is 12.8. The number of hydrogen-bond donors (Lipinski definition) is 1. The molecule has 0 radical (unpaired) electrons. The van der Waals surface area contributed by atoms with Crippen LogP contribution in [-0.2, 0) is 26.2 Å². The molecule has 0 aliphatic heterocycles. The standard InChI is InChI=1S/C28H39N3O4S/c1-22-16-18-24(19-17-22)21-30(23(2)28(33)29-25-11-6-4-7-12-25)27(32)15-10-20-31(36(3,34)35)26-13-8-5-9-14-26/h5,8-9,13-14,16-19,23,25H,4,6-7,10-12,15,20-21H2,1-3H3,(H,29,33). The molecule has 0 saturated heterocycles. The Balaban J connectivity index is 1.69. The molecule has 2 aromatic rings. The fourth-order valence-corrected chi connectivity index (χ4v) is 5.61. The highest BCUT2D eigenvalue weighted by molar-refractivity contribution is 7.92. The highest BCUT2D eigenvalue weighted by Gasteiger charge is 2.28. The molecule has 1 aliphatic rings. The van der Waals surface area contributed by atoms with E-state index in [1.54, 1.807) is 36.1 Å². The number of nitrogens with one attached hydrogen (secondary N) is 1. The van der Waals surface area contributed by atoms with E-state index in [0.29, 0.717) is 18.7 Å². The highest BCUT2D eigenvalue weighted by Crippen LogP contribution is 2.20. The van der Waals surface area contributed by atoms with E-state index in [4.69, 9.17) is 0 Å². The van der Waals surface area contributed by atoms with Gasteiger partial charge in [-0.1, -0.05) is 67.3 Å². The molecule has 3 rings (SSSR count). The average molecular weight is 514 g/mol. The lowest BCUT2D eigenvalue weighted by Crippen LogP contribution is -2.50. The van der Waals surface area contributed by atoms with Crippen molar-refractivity contribution in [3.05, 3.63) is 65.7 Å². The number of para-hydroxylation sites is 1. The number of amides is 2. The minimum Gasteiger partial charge on any atom is -0.352 e. The zero-order valence-electron chi connectivity index (χ0n) is 21.7. The summed E-state index contributed by atoms with van der Waals surface area (Å²) in [5.74, 6) is -0.298. The molecule has 36 heavy (non-hydrogen) atoms. The Hall–Kier alpha value is -2.87. The number of anilines is 1. The summed E-state index contributed by atoms with van der Waals surface area (Å²) in [6.07, 6.45) is 7.05. The van der Waals surface area contributed by atoms with Crippen molar-refractivity contribution in [2.75, 3.05) is 17.1 Å². The summed E-state index contributed by atoms with van der Waals surface area (Å²) in [5.41, 5.74) is 2.65. The van der Waals surface area contributed by atoms with Gasteiger partial charge in [-0.05, 0) is 50.8 Å². The van der Waals surface area contributed by atoms with Gasteiger partial charge in [-0.2, -0.15) is 0 Å². The highest BCUT2D eigenvalue weighted by atomic mass is 32.2. The van der Waals surface area contributed by atoms with E-state index in [2.05, 4.69) is 5.32 Å². The predicted octanol–water partition coefficient (Wildman–Crippen LogP) is 4.41. The van der Waals surface area contributed by atoms with Crippen molar-refractivity contribution in [3.63, 3.8) is 0 Å². The maximum absolute atomic E-state index is 13.4. The number of sulfonamides is 1. The third-order valence-electron chi connectivity index (χ3n) is 6.79. The molecule has 196 valence electrons. The average Bonchev–Trinajstić information content (AvgIpc) is 2.86. The second kappa shape index (κ2) is 12.9. The molecule has 2 amide bonds. The Bertz CT molecular complexity index is 1100. The Morgan fingerprint density at radius 3 is 2.25 bits per heavy atom. The van der Waals surface area contributed by atoms with Crippen molar-refractivity contribution in [2.24, 2.45) is 0 Å². The number of carbonyl (C=O) groups excluding carboxylic acids is 2. The number of hydrogen-bond acceptors (Lipinski definition) is 4. The summed E-state index contributed by atoms with van der Waals surface area (Å²) in [6.45, 7) is 4.30. The van der Waals surface area contributed by atoms with E-state index in [1.807, 2.05) is 37.3 Å². The first-order chi connectivity index (χ1) is 17.1. The van der Waals surface area contributed by atoms with Gasteiger partial charge in [-0.3, -0.25) is 13.9 Å². The minimum absolute atomic E-state index is 0.135. The van der Waals surface area contributed by atoms with Crippen LogP contribution in [0.4, 0.5) is 5.69 Å². The second-order valence-electron chi connectivity index (χ2n) is 9.80. The second-order valence-corrected chi connectivity index (χ2v) is 11.7. The van der Waals surface area contributed by atoms with Crippen molar-refractivity contribution < 1.29 is 18.0 Å². The van der Waals surface area contributed by atoms with E-state index >= 15 is 0 Å². The zero-order chi connectivity index (χ0) is 26.1. The summed E-state index contributed by atoms with van der Waals surface area (Å²) < 4.78 is 26.1. The minimum atomic E-state index is -3.49. The van der Waals surface area contributed by atoms with Crippen LogP contribution in [-0.4, -0.2) is 50.0 Å². The summed E-state index contributed by atoms with van der Waals surface area (Å²) in [5, 5.41) is 3.14. The lowest BCUT2D eigenvalue weighted by atomic mass is 9.95. The van der Waals surface area contributed by atoms with Crippen LogP contribution in [0.25, 0.3) is 0 Å². The van der Waals surface area contributed by atoms with Gasteiger partial charge in [-0.25, -0.2) is 8.42 Å². The molecule has 1 unspecified atom stereocenters. The lowest BCUT2D eigenvalue weighted by molar-refractivity contribution is -0.141. The molecular formula is C28H39N3O4S. The molecule has 0 bridgehead atoms. The molecule has 0 heterocycles. The normalized spacial score (nSPS) is 15.2. The SMILES string of the molecule is Cc1ccc(CN(C(=O)CCCN(c2ccccc2)S(C)(=O)=O)C(C)C(=O)NC2CCCCC2)cc1. The summed E-state index contributed by atoms with van der Waals surface area (Å²) >= 11 is 0. The number of nitrogens with zero attached hydrogens (tertiary/aromatic N) is 2. The van der Waals surface area contributed by atoms with Gasteiger partial charge in [0.2, 0.25) is 21.8 Å². The Kier molecular flexibility index (Phi) is 9.93. The molecule has 0 spiro atoms. The zero-order valence-corrected chi connectivity index (χ0v) is 22.5. The van der Waals surface area contributed by atoms with Gasteiger partial charge in [0.1, 0.15) is 6.04 Å². The fourth-order valence-electron chi connectivity index (χ4n) is 4.64. The first kappa shape index (κ1) is 27.7. The summed E-state index contributed by atoms with van der Waals surface area (Å²) in [4.78, 5) is 28.1. The number of aryl methyl sites for hydroxylation is 1. The molecular weight excluding hydrogens is 474 g/mol. The fraction of sp³-hybridized carbons (Fsp3) is 0.500. The first-order valence-corrected chi connectivity index (χ1v) is 14.7. The molecule has 2 aromatic carbocycles. The van der Waals surface area contributed by atoms with Crippen molar-refractivity contribution in [1.29, 1.82) is 0 Å². The number of carbonyl (C=O) groups is 2. The Morgan fingerprint density at radius 1 is 1.00 bits per heavy atom. The third-order valence-corrected chi connectivity index (χ3v) is 7.98. The summed E-state index contributed by atoms with van der Waals surface area (Å²) in [7, 11) is -3.49. The van der Waals surface area contributed by atoms with Crippen LogP contribution in [0.3, 0.4) is 0 Å². The van der Waals surface area contributed by atoms with Crippen molar-refractivity contribution in [1.82, 2.24) is 10.2 Å². The molecule has 1 saturated carbocycles. The van der Waals surface area contributed by atoms with Crippen LogP contribution in [0, 0.1) is 6.92 Å². The quantitative estimate of drug-likeness (QED) is 0.482. The van der Waals surface area contributed by atoms with Crippen LogP contribution in [0.5, 0.6) is 0 Å². The van der Waals surface area contributed by atoms with E-state index < -0.39 is 16.1 Å². The van der Waals surface area contributed by atoms with Gasteiger partial charge in [0.05, 0.1) is 11.9 Å². The molecule has 1 N–H and O–H groups in total. The van der Waals surface area contributed by atoms with Crippen LogP contribution < -0.4 is 9.62 Å². The topological polar surface area (TPSA) is 86.8 Å². The van der Waals surface area contributed by atoms with Crippen LogP contribution >= 0.6 is 0 Å². The molecule has 0 aromatic heterocycles. The number of benzene rings is 2. The van der Waals surface area contributed by atoms with Gasteiger partial charge in [0, 0.05) is 25.6 Å². The van der Waals surface area contributed by atoms with Gasteiger partial charge >= 0.3 is 0 Å². The molecule has 1 aliphatic carbocycles. The van der Waals surface area contributed by atoms with E-state index in [9.17, 15) is 18.0 Å². The van der Waals surface area contributed by atoms with E-state index in [-0.39, 0.29) is 30.8 Å². The Labute approximate surface area is 215 Å². The van der Waals surface area contributed by atoms with Crippen molar-refractivity contribution in [3.8, 4) is 0 Å². The van der Waals surface area contributed by atoms with Crippen LogP contribution in [0.1, 0.15) is 63.0 Å². The van der Waals surface area contributed by atoms with Crippen molar-refractivity contribution in [2.45, 2.75) is 77.4 Å². The molecule has 7 nitrogen and oxygen atoms in total. The maximum atomic E-state index is 13.4. The summed E-state index contributed by atoms with van der Waals surface area (Å²) in [6, 6.07) is 16.4. The van der Waals surface area contributed by atoms with Gasteiger partial charge in [0.15, 0.2) is 0 Å². The van der Waals surface area contributed by atoms with Gasteiger partial charge in [-0.15, -0.1) is 0 Å². The van der Waals surface area contributed by atoms with E-state index in [0.717, 1.165) is 36.8 Å². The van der Waals surface area contributed by atoms with Crippen LogP contribution in [0.2, 0.25) is 0 Å². The largest absolute Gasteiger partial charge is 0.352 e. The van der Waals surface area contributed by atoms with Gasteiger partial charge in [0.25, 0.3) is 0 Å².